The molecule has 1 aliphatic rings. The molecule has 0 aliphatic carbocycles. The zero-order valence-electron chi connectivity index (χ0n) is 12.3. The molecule has 0 radical (unpaired) electrons. The van der Waals surface area contributed by atoms with Gasteiger partial charge in [-0.05, 0) is 26.0 Å². The predicted octanol–water partition coefficient (Wildman–Crippen LogP) is 0.373. The Hall–Kier alpha value is -2.08. The average molecular weight is 291 g/mol. The molecular weight excluding hydrogens is 270 g/mol. The molecule has 21 heavy (non-hydrogen) atoms. The van der Waals surface area contributed by atoms with Gasteiger partial charge in [0.05, 0.1) is 5.56 Å². The first-order valence-electron chi connectivity index (χ1n) is 7.03. The van der Waals surface area contributed by atoms with Crippen LogP contribution in [0.15, 0.2) is 24.3 Å². The van der Waals surface area contributed by atoms with Gasteiger partial charge in [-0.25, -0.2) is 0 Å². The number of nitrogens with two attached hydrogens (primary N) is 1. The minimum Gasteiger partial charge on any atom is -0.483 e. The molecule has 1 aliphatic heterocycles. The maximum absolute atomic E-state index is 12.7. The molecule has 1 fully saturated rings. The summed E-state index contributed by atoms with van der Waals surface area (Å²) in [6, 6.07) is 7.41. The normalized spacial score (nSPS) is 21.9. The van der Waals surface area contributed by atoms with Crippen LogP contribution in [0.2, 0.25) is 0 Å². The van der Waals surface area contributed by atoms with Gasteiger partial charge in [-0.3, -0.25) is 9.59 Å². The number of para-hydroxylation sites is 1. The second kappa shape index (κ2) is 6.58. The highest BCUT2D eigenvalue weighted by Gasteiger charge is 2.27. The number of ether oxygens (including phenoxy) is 1. The van der Waals surface area contributed by atoms with Gasteiger partial charge in [0, 0.05) is 25.2 Å². The molecule has 0 aromatic heterocycles. The summed E-state index contributed by atoms with van der Waals surface area (Å²) in [5.41, 5.74) is 5.54. The van der Waals surface area contributed by atoms with Crippen molar-refractivity contribution >= 4 is 11.8 Å². The summed E-state index contributed by atoms with van der Waals surface area (Å²) in [6.07, 6.45) is 0. The molecule has 6 heteroatoms. The summed E-state index contributed by atoms with van der Waals surface area (Å²) in [6.45, 7) is 5.15. The van der Waals surface area contributed by atoms with Crippen LogP contribution in [-0.2, 0) is 4.79 Å². The summed E-state index contributed by atoms with van der Waals surface area (Å²) in [5.74, 6) is -0.267. The molecular formula is C15H21N3O3. The van der Waals surface area contributed by atoms with E-state index in [-0.39, 0.29) is 24.6 Å². The van der Waals surface area contributed by atoms with Crippen LogP contribution in [0.25, 0.3) is 0 Å². The molecule has 2 amide bonds. The number of nitrogens with zero attached hydrogens (tertiary/aromatic N) is 1. The van der Waals surface area contributed by atoms with E-state index in [2.05, 4.69) is 5.32 Å². The van der Waals surface area contributed by atoms with Crippen molar-refractivity contribution in [2.75, 3.05) is 19.7 Å². The van der Waals surface area contributed by atoms with Gasteiger partial charge in [-0.1, -0.05) is 12.1 Å². The fraction of sp³-hybridized carbons (Fsp3) is 0.467. The zero-order valence-corrected chi connectivity index (χ0v) is 12.3. The third kappa shape index (κ3) is 3.95. The fourth-order valence-electron chi connectivity index (χ4n) is 2.58. The SMILES string of the molecule is CC1CN(C(=O)c2ccccc2OCC(N)=O)CC(C)N1. The van der Waals surface area contributed by atoms with Crippen molar-refractivity contribution in [3.63, 3.8) is 0 Å². The van der Waals surface area contributed by atoms with Crippen LogP contribution in [0.1, 0.15) is 24.2 Å². The smallest absolute Gasteiger partial charge is 0.257 e. The van der Waals surface area contributed by atoms with Crippen molar-refractivity contribution < 1.29 is 14.3 Å². The first-order valence-corrected chi connectivity index (χ1v) is 7.03. The Kier molecular flexibility index (Phi) is 4.80. The highest BCUT2D eigenvalue weighted by atomic mass is 16.5. The Labute approximate surface area is 124 Å². The van der Waals surface area contributed by atoms with Crippen LogP contribution >= 0.6 is 0 Å². The molecule has 0 bridgehead atoms. The third-order valence-corrected chi connectivity index (χ3v) is 3.33. The topological polar surface area (TPSA) is 84.7 Å². The Morgan fingerprint density at radius 1 is 1.29 bits per heavy atom. The van der Waals surface area contributed by atoms with E-state index in [0.717, 1.165) is 0 Å². The number of carbonyl (C=O) groups excluding carboxylic acids is 2. The molecule has 3 N–H and O–H groups in total. The van der Waals surface area contributed by atoms with E-state index in [9.17, 15) is 9.59 Å². The van der Waals surface area contributed by atoms with Crippen molar-refractivity contribution in [3.8, 4) is 5.75 Å². The van der Waals surface area contributed by atoms with Gasteiger partial charge in [0.25, 0.3) is 11.8 Å². The lowest BCUT2D eigenvalue weighted by atomic mass is 10.1. The van der Waals surface area contributed by atoms with Crippen LogP contribution in [0, 0.1) is 0 Å². The van der Waals surface area contributed by atoms with E-state index < -0.39 is 5.91 Å². The monoisotopic (exact) mass is 291 g/mol. The lowest BCUT2D eigenvalue weighted by Gasteiger charge is -2.36. The quantitative estimate of drug-likeness (QED) is 0.839. The molecule has 6 nitrogen and oxygen atoms in total. The first-order chi connectivity index (χ1) is 9.97. The minimum atomic E-state index is -0.568. The van der Waals surface area contributed by atoms with Gasteiger partial charge in [0.2, 0.25) is 0 Å². The number of amides is 2. The first kappa shape index (κ1) is 15.3. The summed E-state index contributed by atoms with van der Waals surface area (Å²) in [5, 5.41) is 3.38. The number of primary amides is 1. The summed E-state index contributed by atoms with van der Waals surface area (Å²) >= 11 is 0. The van der Waals surface area contributed by atoms with E-state index in [4.69, 9.17) is 10.5 Å². The second-order valence-electron chi connectivity index (χ2n) is 5.43. The Bertz CT molecular complexity index is 523. The number of carbonyl (C=O) groups is 2. The van der Waals surface area contributed by atoms with Gasteiger partial charge in [-0.15, -0.1) is 0 Å². The summed E-state index contributed by atoms with van der Waals surface area (Å²) in [7, 11) is 0. The highest BCUT2D eigenvalue weighted by Crippen LogP contribution is 2.21. The van der Waals surface area contributed by atoms with Crippen LogP contribution in [-0.4, -0.2) is 48.5 Å². The Morgan fingerprint density at radius 2 is 1.90 bits per heavy atom. The average Bonchev–Trinajstić information content (AvgIpc) is 2.43. The molecule has 2 unspecified atom stereocenters. The van der Waals surface area contributed by atoms with Crippen LogP contribution in [0.5, 0.6) is 5.75 Å². The molecule has 2 rings (SSSR count). The van der Waals surface area contributed by atoms with Gasteiger partial charge in [-0.2, -0.15) is 0 Å². The molecule has 1 saturated heterocycles. The third-order valence-electron chi connectivity index (χ3n) is 3.33. The van der Waals surface area contributed by atoms with E-state index >= 15 is 0 Å². The van der Waals surface area contributed by atoms with Crippen LogP contribution in [0.4, 0.5) is 0 Å². The number of piperazine rings is 1. The molecule has 1 aromatic carbocycles. The number of hydrogen-bond acceptors (Lipinski definition) is 4. The number of rotatable bonds is 4. The van der Waals surface area contributed by atoms with Crippen LogP contribution < -0.4 is 15.8 Å². The molecule has 0 spiro atoms. The van der Waals surface area contributed by atoms with Crippen molar-refractivity contribution in [1.82, 2.24) is 10.2 Å². The van der Waals surface area contributed by atoms with Crippen molar-refractivity contribution in [2.24, 2.45) is 5.73 Å². The molecule has 0 saturated carbocycles. The van der Waals surface area contributed by atoms with Gasteiger partial charge in [0.15, 0.2) is 6.61 Å². The van der Waals surface area contributed by atoms with Gasteiger partial charge >= 0.3 is 0 Å². The fourth-order valence-corrected chi connectivity index (χ4v) is 2.58. The maximum Gasteiger partial charge on any atom is 0.257 e. The van der Waals surface area contributed by atoms with E-state index in [1.807, 2.05) is 13.8 Å². The number of hydrogen-bond donors (Lipinski definition) is 2. The number of benzene rings is 1. The largest absolute Gasteiger partial charge is 0.483 e. The molecule has 1 heterocycles. The van der Waals surface area contributed by atoms with E-state index in [1.165, 1.54) is 0 Å². The molecule has 114 valence electrons. The number of nitrogens with one attached hydrogen (secondary N) is 1. The van der Waals surface area contributed by atoms with Gasteiger partial charge < -0.3 is 20.7 Å². The minimum absolute atomic E-state index is 0.0877. The lowest BCUT2D eigenvalue weighted by molar-refractivity contribution is -0.119. The second-order valence-corrected chi connectivity index (χ2v) is 5.43. The van der Waals surface area contributed by atoms with Gasteiger partial charge in [0.1, 0.15) is 5.75 Å². The van der Waals surface area contributed by atoms with E-state index in [0.29, 0.717) is 24.4 Å². The molecule has 2 atom stereocenters. The Balaban J connectivity index is 2.16. The standard InChI is InChI=1S/C15H21N3O3/c1-10-7-18(8-11(2)17-10)15(20)12-5-3-4-6-13(12)21-9-14(16)19/h3-6,10-11,17H,7-9H2,1-2H3,(H2,16,19). The van der Waals surface area contributed by atoms with Crippen LogP contribution in [0.3, 0.4) is 0 Å². The predicted molar refractivity (Wildman–Crippen MR) is 79.1 cm³/mol. The van der Waals surface area contributed by atoms with Crippen molar-refractivity contribution in [1.29, 1.82) is 0 Å². The highest BCUT2D eigenvalue weighted by molar-refractivity contribution is 5.97. The van der Waals surface area contributed by atoms with Crippen molar-refractivity contribution in [3.05, 3.63) is 29.8 Å². The maximum atomic E-state index is 12.7. The zero-order chi connectivity index (χ0) is 15.4. The van der Waals surface area contributed by atoms with E-state index in [1.54, 1.807) is 29.2 Å². The molecule has 1 aromatic rings. The lowest BCUT2D eigenvalue weighted by Crippen LogP contribution is -2.55. The summed E-state index contributed by atoms with van der Waals surface area (Å²) < 4.78 is 5.33. The summed E-state index contributed by atoms with van der Waals surface area (Å²) in [4.78, 5) is 25.3. The van der Waals surface area contributed by atoms with Crippen molar-refractivity contribution in [2.45, 2.75) is 25.9 Å². The Morgan fingerprint density at radius 3 is 2.52 bits per heavy atom.